The fourth-order valence-corrected chi connectivity index (χ4v) is 3.63. The smallest absolute Gasteiger partial charge is 0.253 e. The second-order valence-corrected chi connectivity index (χ2v) is 7.20. The molecule has 1 fully saturated rings. The molecular weight excluding hydrogens is 356 g/mol. The lowest BCUT2D eigenvalue weighted by Gasteiger charge is -2.24. The van der Waals surface area contributed by atoms with Gasteiger partial charge in [0.1, 0.15) is 12.4 Å². The molecule has 146 valence electrons. The monoisotopic (exact) mass is 380 g/mol. The van der Waals surface area contributed by atoms with Gasteiger partial charge in [-0.25, -0.2) is 0 Å². The predicted molar refractivity (Wildman–Crippen MR) is 106 cm³/mol. The van der Waals surface area contributed by atoms with E-state index < -0.39 is 0 Å². The molecule has 2 aromatic carbocycles. The van der Waals surface area contributed by atoms with E-state index in [1.807, 2.05) is 24.3 Å². The van der Waals surface area contributed by atoms with Crippen molar-refractivity contribution in [3.8, 4) is 5.75 Å². The summed E-state index contributed by atoms with van der Waals surface area (Å²) in [7, 11) is 0. The molecular formula is C22H24N2O4. The number of carbonyl (C=O) groups is 2. The Hall–Kier alpha value is -2.86. The molecule has 4 rings (SSSR count). The lowest BCUT2D eigenvalue weighted by atomic mass is 9.96. The molecule has 0 saturated carbocycles. The van der Waals surface area contributed by atoms with Crippen molar-refractivity contribution in [2.75, 3.05) is 25.1 Å². The number of hydrogen-bond acceptors (Lipinski definition) is 4. The molecule has 1 saturated heterocycles. The molecule has 2 atom stereocenters. The number of para-hydroxylation sites is 2. The number of carbonyl (C=O) groups excluding carboxylic acids is 2. The maximum Gasteiger partial charge on any atom is 0.253 e. The van der Waals surface area contributed by atoms with Crippen LogP contribution >= 0.6 is 0 Å². The topological polar surface area (TPSA) is 76.7 Å². The standard InChI is InChI=1S/C22H24N2O4/c25-21(16-12-15-6-1-4-10-20(15)28-14-16)24-19-9-3-2-8-18(19)22(26)23-13-17-7-5-11-27-17/h1-4,6,8-10,16-17H,5,7,11-14H2,(H,23,26)(H,24,25). The summed E-state index contributed by atoms with van der Waals surface area (Å²) in [6, 6.07) is 14.8. The molecule has 0 radical (unpaired) electrons. The Morgan fingerprint density at radius 1 is 1.07 bits per heavy atom. The van der Waals surface area contributed by atoms with E-state index in [1.54, 1.807) is 24.3 Å². The Labute approximate surface area is 164 Å². The van der Waals surface area contributed by atoms with Crippen LogP contribution in [0.3, 0.4) is 0 Å². The summed E-state index contributed by atoms with van der Waals surface area (Å²) in [4.78, 5) is 25.4. The number of benzene rings is 2. The first-order chi connectivity index (χ1) is 13.7. The average Bonchev–Trinajstić information content (AvgIpc) is 3.25. The van der Waals surface area contributed by atoms with Crippen molar-refractivity contribution in [3.05, 3.63) is 59.7 Å². The van der Waals surface area contributed by atoms with Crippen LogP contribution < -0.4 is 15.4 Å². The van der Waals surface area contributed by atoms with Crippen molar-refractivity contribution in [1.29, 1.82) is 0 Å². The second-order valence-electron chi connectivity index (χ2n) is 7.20. The first-order valence-electron chi connectivity index (χ1n) is 9.71. The van der Waals surface area contributed by atoms with Crippen LogP contribution in [-0.4, -0.2) is 37.7 Å². The van der Waals surface area contributed by atoms with Gasteiger partial charge in [-0.2, -0.15) is 0 Å². The molecule has 2 aliphatic rings. The number of nitrogens with one attached hydrogen (secondary N) is 2. The third-order valence-corrected chi connectivity index (χ3v) is 5.19. The minimum absolute atomic E-state index is 0.0742. The van der Waals surface area contributed by atoms with E-state index in [2.05, 4.69) is 10.6 Å². The Bertz CT molecular complexity index is 861. The molecule has 2 aliphatic heterocycles. The number of fused-ring (bicyclic) bond motifs is 1. The van der Waals surface area contributed by atoms with E-state index in [0.717, 1.165) is 30.8 Å². The van der Waals surface area contributed by atoms with Crippen molar-refractivity contribution in [2.24, 2.45) is 5.92 Å². The molecule has 2 unspecified atom stereocenters. The molecule has 2 N–H and O–H groups in total. The largest absolute Gasteiger partial charge is 0.492 e. The molecule has 28 heavy (non-hydrogen) atoms. The summed E-state index contributed by atoms with van der Waals surface area (Å²) in [5.41, 5.74) is 1.98. The zero-order valence-corrected chi connectivity index (χ0v) is 15.6. The minimum Gasteiger partial charge on any atom is -0.492 e. The Morgan fingerprint density at radius 2 is 1.89 bits per heavy atom. The van der Waals surface area contributed by atoms with E-state index in [9.17, 15) is 9.59 Å². The number of anilines is 1. The fraction of sp³-hybridized carbons (Fsp3) is 0.364. The van der Waals surface area contributed by atoms with Gasteiger partial charge in [0.25, 0.3) is 5.91 Å². The molecule has 0 aromatic heterocycles. The Morgan fingerprint density at radius 3 is 2.75 bits per heavy atom. The van der Waals surface area contributed by atoms with Crippen LogP contribution in [0.5, 0.6) is 5.75 Å². The highest BCUT2D eigenvalue weighted by atomic mass is 16.5. The predicted octanol–water partition coefficient (Wildman–Crippen LogP) is 2.79. The van der Waals surface area contributed by atoms with Gasteiger partial charge in [-0.15, -0.1) is 0 Å². The second kappa shape index (κ2) is 8.44. The van der Waals surface area contributed by atoms with Gasteiger partial charge in [0.15, 0.2) is 0 Å². The highest BCUT2D eigenvalue weighted by Crippen LogP contribution is 2.28. The summed E-state index contributed by atoms with van der Waals surface area (Å²) < 4.78 is 11.3. The molecule has 0 spiro atoms. The van der Waals surface area contributed by atoms with Crippen LogP contribution in [-0.2, 0) is 16.0 Å². The van der Waals surface area contributed by atoms with Crippen molar-refractivity contribution in [3.63, 3.8) is 0 Å². The fourth-order valence-electron chi connectivity index (χ4n) is 3.63. The zero-order chi connectivity index (χ0) is 19.3. The van der Waals surface area contributed by atoms with Crippen LogP contribution in [0.15, 0.2) is 48.5 Å². The summed E-state index contributed by atoms with van der Waals surface area (Å²) in [5, 5.41) is 5.82. The van der Waals surface area contributed by atoms with Crippen molar-refractivity contribution in [1.82, 2.24) is 5.32 Å². The maximum atomic E-state index is 12.8. The van der Waals surface area contributed by atoms with Gasteiger partial charge in [0.05, 0.1) is 23.3 Å². The van der Waals surface area contributed by atoms with Gasteiger partial charge in [-0.1, -0.05) is 30.3 Å². The van der Waals surface area contributed by atoms with Crippen LogP contribution in [0, 0.1) is 5.92 Å². The summed E-state index contributed by atoms with van der Waals surface area (Å²) in [6.45, 7) is 1.56. The quantitative estimate of drug-likeness (QED) is 0.836. The first kappa shape index (κ1) is 18.5. The average molecular weight is 380 g/mol. The van der Waals surface area contributed by atoms with Crippen molar-refractivity contribution >= 4 is 17.5 Å². The number of amides is 2. The zero-order valence-electron chi connectivity index (χ0n) is 15.6. The van der Waals surface area contributed by atoms with E-state index in [0.29, 0.717) is 30.8 Å². The van der Waals surface area contributed by atoms with Gasteiger partial charge in [0.2, 0.25) is 5.91 Å². The van der Waals surface area contributed by atoms with Gasteiger partial charge in [-0.3, -0.25) is 9.59 Å². The lowest BCUT2D eigenvalue weighted by Crippen LogP contribution is -2.34. The Kier molecular flexibility index (Phi) is 5.58. The van der Waals surface area contributed by atoms with E-state index in [4.69, 9.17) is 9.47 Å². The number of ether oxygens (including phenoxy) is 2. The van der Waals surface area contributed by atoms with Crippen molar-refractivity contribution in [2.45, 2.75) is 25.4 Å². The van der Waals surface area contributed by atoms with Gasteiger partial charge in [0, 0.05) is 13.2 Å². The highest BCUT2D eigenvalue weighted by Gasteiger charge is 2.27. The summed E-state index contributed by atoms with van der Waals surface area (Å²) in [5.74, 6) is 0.184. The van der Waals surface area contributed by atoms with Crippen LogP contribution in [0.25, 0.3) is 0 Å². The summed E-state index contributed by atoms with van der Waals surface area (Å²) in [6.07, 6.45) is 2.68. The summed E-state index contributed by atoms with van der Waals surface area (Å²) >= 11 is 0. The molecule has 0 bridgehead atoms. The SMILES string of the molecule is O=C(NCC1CCCO1)c1ccccc1NC(=O)C1COc2ccccc2C1. The van der Waals surface area contributed by atoms with E-state index in [-0.39, 0.29) is 23.8 Å². The van der Waals surface area contributed by atoms with E-state index in [1.165, 1.54) is 0 Å². The molecule has 0 aliphatic carbocycles. The van der Waals surface area contributed by atoms with Crippen LogP contribution in [0.1, 0.15) is 28.8 Å². The molecule has 2 heterocycles. The number of hydrogen-bond donors (Lipinski definition) is 2. The molecule has 2 amide bonds. The third-order valence-electron chi connectivity index (χ3n) is 5.19. The Balaban J connectivity index is 1.40. The molecule has 6 heteroatoms. The molecule has 2 aromatic rings. The van der Waals surface area contributed by atoms with Crippen molar-refractivity contribution < 1.29 is 19.1 Å². The normalized spacial score (nSPS) is 20.7. The van der Waals surface area contributed by atoms with Crippen LogP contribution in [0.4, 0.5) is 5.69 Å². The van der Waals surface area contributed by atoms with Gasteiger partial charge < -0.3 is 20.1 Å². The lowest BCUT2D eigenvalue weighted by molar-refractivity contribution is -0.121. The first-order valence-corrected chi connectivity index (χ1v) is 9.71. The van der Waals surface area contributed by atoms with Crippen LogP contribution in [0.2, 0.25) is 0 Å². The highest BCUT2D eigenvalue weighted by molar-refractivity contribution is 6.04. The molecule has 6 nitrogen and oxygen atoms in total. The maximum absolute atomic E-state index is 12.8. The number of rotatable bonds is 5. The minimum atomic E-state index is -0.294. The van der Waals surface area contributed by atoms with Gasteiger partial charge >= 0.3 is 0 Å². The van der Waals surface area contributed by atoms with Gasteiger partial charge in [-0.05, 0) is 43.0 Å². The third kappa shape index (κ3) is 4.17. The van der Waals surface area contributed by atoms with E-state index >= 15 is 0 Å².